The summed E-state index contributed by atoms with van der Waals surface area (Å²) in [4.78, 5) is 16.9. The van der Waals surface area contributed by atoms with Gasteiger partial charge in [-0.05, 0) is 44.4 Å². The van der Waals surface area contributed by atoms with Crippen LogP contribution in [0.4, 0.5) is 11.4 Å². The van der Waals surface area contributed by atoms with Gasteiger partial charge in [-0.25, -0.2) is 4.79 Å². The summed E-state index contributed by atoms with van der Waals surface area (Å²) >= 11 is 0. The third-order valence-electron chi connectivity index (χ3n) is 4.51. The number of carbonyl (C=O) groups excluding carboxylic acids is 1. The van der Waals surface area contributed by atoms with Gasteiger partial charge in [0.1, 0.15) is 0 Å². The Labute approximate surface area is 138 Å². The van der Waals surface area contributed by atoms with E-state index in [4.69, 9.17) is 9.47 Å². The monoisotopic (exact) mass is 318 g/mol. The Morgan fingerprint density at radius 1 is 1.00 bits per heavy atom. The van der Waals surface area contributed by atoms with E-state index in [2.05, 4.69) is 15.9 Å². The number of anilines is 2. The summed E-state index contributed by atoms with van der Waals surface area (Å²) in [5.41, 5.74) is 2.88. The number of rotatable bonds is 4. The molecule has 126 valence electrons. The predicted molar refractivity (Wildman–Crippen MR) is 91.5 cm³/mol. The molecule has 0 spiro atoms. The molecule has 1 aromatic rings. The summed E-state index contributed by atoms with van der Waals surface area (Å²) in [5, 5.41) is 0. The molecule has 1 aromatic carbocycles. The minimum Gasteiger partial charge on any atom is -0.462 e. The molecule has 0 unspecified atom stereocenters. The third kappa shape index (κ3) is 3.96. The standard InChI is InChI=1S/C18H26N2O3/c1-2-23-18(21)15-12-16(19-6-4-3-5-7-19)14-17(13-15)20-8-10-22-11-9-20/h12-14H,2-11H2,1H3. The van der Waals surface area contributed by atoms with Crippen molar-refractivity contribution in [3.63, 3.8) is 0 Å². The fraction of sp³-hybridized carbons (Fsp3) is 0.611. The lowest BCUT2D eigenvalue weighted by Gasteiger charge is -2.33. The molecule has 2 fully saturated rings. The van der Waals surface area contributed by atoms with Crippen LogP contribution in [0.25, 0.3) is 0 Å². The molecule has 23 heavy (non-hydrogen) atoms. The maximum absolute atomic E-state index is 12.2. The van der Waals surface area contributed by atoms with Crippen molar-refractivity contribution < 1.29 is 14.3 Å². The maximum atomic E-state index is 12.2. The van der Waals surface area contributed by atoms with Gasteiger partial charge in [-0.2, -0.15) is 0 Å². The first-order chi connectivity index (χ1) is 11.3. The van der Waals surface area contributed by atoms with Crippen LogP contribution in [-0.2, 0) is 9.47 Å². The van der Waals surface area contributed by atoms with Crippen LogP contribution >= 0.6 is 0 Å². The van der Waals surface area contributed by atoms with Gasteiger partial charge in [0.25, 0.3) is 0 Å². The molecular weight excluding hydrogens is 292 g/mol. The van der Waals surface area contributed by atoms with Gasteiger partial charge in [0, 0.05) is 37.6 Å². The molecule has 3 rings (SSSR count). The minimum atomic E-state index is -0.235. The lowest BCUT2D eigenvalue weighted by Crippen LogP contribution is -2.36. The highest BCUT2D eigenvalue weighted by Gasteiger charge is 2.19. The van der Waals surface area contributed by atoms with E-state index in [0.29, 0.717) is 12.2 Å². The van der Waals surface area contributed by atoms with E-state index < -0.39 is 0 Å². The Kier molecular flexibility index (Phi) is 5.39. The van der Waals surface area contributed by atoms with Crippen molar-refractivity contribution in [3.05, 3.63) is 23.8 Å². The van der Waals surface area contributed by atoms with Gasteiger partial charge in [0.05, 0.1) is 25.4 Å². The van der Waals surface area contributed by atoms with Crippen LogP contribution < -0.4 is 9.80 Å². The molecule has 0 amide bonds. The molecule has 0 saturated carbocycles. The smallest absolute Gasteiger partial charge is 0.338 e. The third-order valence-corrected chi connectivity index (χ3v) is 4.51. The molecule has 2 saturated heterocycles. The van der Waals surface area contributed by atoms with E-state index in [-0.39, 0.29) is 5.97 Å². The molecule has 2 aliphatic rings. The van der Waals surface area contributed by atoms with Gasteiger partial charge in [-0.15, -0.1) is 0 Å². The average molecular weight is 318 g/mol. The van der Waals surface area contributed by atoms with Crippen molar-refractivity contribution in [2.24, 2.45) is 0 Å². The molecule has 5 nitrogen and oxygen atoms in total. The van der Waals surface area contributed by atoms with Crippen LogP contribution in [0.1, 0.15) is 36.5 Å². The van der Waals surface area contributed by atoms with Gasteiger partial charge >= 0.3 is 5.97 Å². The molecule has 5 heteroatoms. The van der Waals surface area contributed by atoms with Gasteiger partial charge in [-0.3, -0.25) is 0 Å². The number of piperidine rings is 1. The lowest BCUT2D eigenvalue weighted by atomic mass is 10.1. The maximum Gasteiger partial charge on any atom is 0.338 e. The number of hydrogen-bond donors (Lipinski definition) is 0. The number of esters is 1. The van der Waals surface area contributed by atoms with Crippen LogP contribution in [0.5, 0.6) is 0 Å². The quantitative estimate of drug-likeness (QED) is 0.799. The highest BCUT2D eigenvalue weighted by atomic mass is 16.5. The molecule has 0 radical (unpaired) electrons. The summed E-state index contributed by atoms with van der Waals surface area (Å²) in [7, 11) is 0. The average Bonchev–Trinajstić information content (AvgIpc) is 2.63. The van der Waals surface area contributed by atoms with Crippen LogP contribution in [0, 0.1) is 0 Å². The van der Waals surface area contributed by atoms with Crippen LogP contribution in [-0.4, -0.2) is 52.0 Å². The van der Waals surface area contributed by atoms with E-state index in [0.717, 1.165) is 50.8 Å². The zero-order chi connectivity index (χ0) is 16.1. The summed E-state index contributed by atoms with van der Waals surface area (Å²) in [5.74, 6) is -0.235. The molecule has 2 aliphatic heterocycles. The van der Waals surface area contributed by atoms with Crippen LogP contribution in [0.3, 0.4) is 0 Å². The van der Waals surface area contributed by atoms with Gasteiger partial charge < -0.3 is 19.3 Å². The first-order valence-corrected chi connectivity index (χ1v) is 8.68. The second-order valence-corrected chi connectivity index (χ2v) is 6.11. The molecule has 0 bridgehead atoms. The summed E-state index contributed by atoms with van der Waals surface area (Å²) in [6.07, 6.45) is 3.73. The summed E-state index contributed by atoms with van der Waals surface area (Å²) in [6, 6.07) is 6.14. The zero-order valence-electron chi connectivity index (χ0n) is 13.9. The Bertz CT molecular complexity index is 499. The SMILES string of the molecule is CCOC(=O)c1cc(N2CCCCC2)cc(N2CCOCC2)c1. The Morgan fingerprint density at radius 3 is 2.22 bits per heavy atom. The van der Waals surface area contributed by atoms with Crippen molar-refractivity contribution in [1.82, 2.24) is 0 Å². The lowest BCUT2D eigenvalue weighted by molar-refractivity contribution is 0.0526. The first kappa shape index (κ1) is 16.1. The van der Waals surface area contributed by atoms with E-state index in [1.165, 1.54) is 19.3 Å². The molecule has 0 aliphatic carbocycles. The number of morpholine rings is 1. The second-order valence-electron chi connectivity index (χ2n) is 6.11. The highest BCUT2D eigenvalue weighted by Crippen LogP contribution is 2.28. The summed E-state index contributed by atoms with van der Waals surface area (Å²) in [6.45, 7) is 7.58. The van der Waals surface area contributed by atoms with Crippen molar-refractivity contribution in [2.75, 3.05) is 55.8 Å². The van der Waals surface area contributed by atoms with Crippen molar-refractivity contribution in [2.45, 2.75) is 26.2 Å². The predicted octanol–water partition coefficient (Wildman–Crippen LogP) is 2.69. The Hall–Kier alpha value is -1.75. The number of hydrogen-bond acceptors (Lipinski definition) is 5. The van der Waals surface area contributed by atoms with E-state index in [9.17, 15) is 4.79 Å². The Balaban J connectivity index is 1.90. The van der Waals surface area contributed by atoms with Crippen LogP contribution in [0.15, 0.2) is 18.2 Å². The molecule has 2 heterocycles. The largest absolute Gasteiger partial charge is 0.462 e. The highest BCUT2D eigenvalue weighted by molar-refractivity contribution is 5.92. The number of carbonyl (C=O) groups is 1. The van der Waals surface area contributed by atoms with E-state index in [1.54, 1.807) is 0 Å². The fourth-order valence-electron chi connectivity index (χ4n) is 3.27. The normalized spacial score (nSPS) is 18.8. The van der Waals surface area contributed by atoms with E-state index in [1.807, 2.05) is 19.1 Å². The van der Waals surface area contributed by atoms with Crippen molar-refractivity contribution >= 4 is 17.3 Å². The second kappa shape index (κ2) is 7.68. The molecule has 0 N–H and O–H groups in total. The topological polar surface area (TPSA) is 42.0 Å². The van der Waals surface area contributed by atoms with Gasteiger partial charge in [0.15, 0.2) is 0 Å². The fourth-order valence-corrected chi connectivity index (χ4v) is 3.27. The van der Waals surface area contributed by atoms with Crippen molar-refractivity contribution in [1.29, 1.82) is 0 Å². The molecular formula is C18H26N2O3. The number of nitrogens with zero attached hydrogens (tertiary/aromatic N) is 2. The number of benzene rings is 1. The van der Waals surface area contributed by atoms with E-state index >= 15 is 0 Å². The zero-order valence-corrected chi connectivity index (χ0v) is 13.9. The molecule has 0 aromatic heterocycles. The summed E-state index contributed by atoms with van der Waals surface area (Å²) < 4.78 is 10.7. The van der Waals surface area contributed by atoms with Gasteiger partial charge in [0.2, 0.25) is 0 Å². The van der Waals surface area contributed by atoms with Crippen molar-refractivity contribution in [3.8, 4) is 0 Å². The first-order valence-electron chi connectivity index (χ1n) is 8.68. The van der Waals surface area contributed by atoms with Crippen LogP contribution in [0.2, 0.25) is 0 Å². The molecule has 0 atom stereocenters. The van der Waals surface area contributed by atoms with Gasteiger partial charge in [-0.1, -0.05) is 0 Å². The minimum absolute atomic E-state index is 0.235. The number of ether oxygens (including phenoxy) is 2. The Morgan fingerprint density at radius 2 is 1.61 bits per heavy atom.